The van der Waals surface area contributed by atoms with E-state index in [2.05, 4.69) is 33.7 Å². The van der Waals surface area contributed by atoms with Crippen molar-refractivity contribution in [1.29, 1.82) is 0 Å². The van der Waals surface area contributed by atoms with Crippen molar-refractivity contribution in [2.75, 3.05) is 6.54 Å². The maximum Gasteiger partial charge on any atom is 0.0951 e. The number of aromatic nitrogens is 3. The molecular weight excluding hydrogens is 212 g/mol. The SMILES string of the molecule is CC(C)NCCn1cncc1-c1ccncc1. The lowest BCUT2D eigenvalue weighted by Crippen LogP contribution is -2.26. The minimum absolute atomic E-state index is 0.517. The molecule has 17 heavy (non-hydrogen) atoms. The number of hydrogen-bond acceptors (Lipinski definition) is 3. The summed E-state index contributed by atoms with van der Waals surface area (Å²) in [4.78, 5) is 8.24. The van der Waals surface area contributed by atoms with Crippen LogP contribution >= 0.6 is 0 Å². The Bertz CT molecular complexity index is 447. The van der Waals surface area contributed by atoms with Crippen molar-refractivity contribution in [3.05, 3.63) is 37.1 Å². The van der Waals surface area contributed by atoms with E-state index in [4.69, 9.17) is 0 Å². The Kier molecular flexibility index (Phi) is 3.88. The Morgan fingerprint density at radius 3 is 2.71 bits per heavy atom. The van der Waals surface area contributed by atoms with E-state index in [1.165, 1.54) is 0 Å². The molecule has 2 heterocycles. The van der Waals surface area contributed by atoms with Gasteiger partial charge in [-0.05, 0) is 12.1 Å². The van der Waals surface area contributed by atoms with E-state index >= 15 is 0 Å². The van der Waals surface area contributed by atoms with Crippen LogP contribution in [0.3, 0.4) is 0 Å². The lowest BCUT2D eigenvalue weighted by Gasteiger charge is -2.11. The average molecular weight is 230 g/mol. The third-order valence-corrected chi connectivity index (χ3v) is 2.59. The second-order valence-electron chi connectivity index (χ2n) is 4.32. The molecule has 0 aliphatic rings. The number of nitrogens with one attached hydrogen (secondary N) is 1. The van der Waals surface area contributed by atoms with Crippen molar-refractivity contribution in [1.82, 2.24) is 19.9 Å². The van der Waals surface area contributed by atoms with Crippen molar-refractivity contribution in [3.8, 4) is 11.3 Å². The fourth-order valence-electron chi connectivity index (χ4n) is 1.74. The van der Waals surface area contributed by atoms with E-state index in [1.807, 2.05) is 24.7 Å². The summed E-state index contributed by atoms with van der Waals surface area (Å²) in [7, 11) is 0. The van der Waals surface area contributed by atoms with Crippen molar-refractivity contribution >= 4 is 0 Å². The molecule has 4 nitrogen and oxygen atoms in total. The molecule has 0 saturated heterocycles. The largest absolute Gasteiger partial charge is 0.329 e. The van der Waals surface area contributed by atoms with Crippen molar-refractivity contribution in [2.45, 2.75) is 26.4 Å². The molecule has 0 saturated carbocycles. The molecule has 0 atom stereocenters. The van der Waals surface area contributed by atoms with E-state index in [-0.39, 0.29) is 0 Å². The standard InChI is InChI=1S/C13H18N4/c1-11(2)16-7-8-17-10-15-9-13(17)12-3-5-14-6-4-12/h3-6,9-11,16H,7-8H2,1-2H3. The summed E-state index contributed by atoms with van der Waals surface area (Å²) >= 11 is 0. The molecule has 2 aromatic rings. The quantitative estimate of drug-likeness (QED) is 0.853. The normalized spacial score (nSPS) is 11.0. The summed E-state index contributed by atoms with van der Waals surface area (Å²) < 4.78 is 2.16. The van der Waals surface area contributed by atoms with Gasteiger partial charge in [0, 0.05) is 37.1 Å². The smallest absolute Gasteiger partial charge is 0.0951 e. The first kappa shape index (κ1) is 11.8. The highest BCUT2D eigenvalue weighted by atomic mass is 15.1. The van der Waals surface area contributed by atoms with Crippen molar-refractivity contribution in [2.24, 2.45) is 0 Å². The van der Waals surface area contributed by atoms with Gasteiger partial charge in [-0.1, -0.05) is 13.8 Å². The van der Waals surface area contributed by atoms with Gasteiger partial charge >= 0.3 is 0 Å². The molecule has 0 bridgehead atoms. The van der Waals surface area contributed by atoms with E-state index in [9.17, 15) is 0 Å². The van der Waals surface area contributed by atoms with Gasteiger partial charge in [-0.3, -0.25) is 4.98 Å². The number of pyridine rings is 1. The Balaban J connectivity index is 2.07. The molecule has 0 aromatic carbocycles. The van der Waals surface area contributed by atoms with Gasteiger partial charge in [-0.25, -0.2) is 4.98 Å². The molecule has 2 rings (SSSR count). The molecule has 0 radical (unpaired) electrons. The highest BCUT2D eigenvalue weighted by Crippen LogP contribution is 2.17. The zero-order chi connectivity index (χ0) is 12.1. The molecule has 4 heteroatoms. The van der Waals surface area contributed by atoms with Gasteiger partial charge < -0.3 is 9.88 Å². The lowest BCUT2D eigenvalue weighted by atomic mass is 10.2. The molecule has 2 aromatic heterocycles. The first-order valence-corrected chi connectivity index (χ1v) is 5.91. The van der Waals surface area contributed by atoms with Crippen molar-refractivity contribution < 1.29 is 0 Å². The fraction of sp³-hybridized carbons (Fsp3) is 0.385. The molecule has 90 valence electrons. The van der Waals surface area contributed by atoms with Gasteiger partial charge in [0.15, 0.2) is 0 Å². The molecule has 0 amide bonds. The predicted molar refractivity (Wildman–Crippen MR) is 68.6 cm³/mol. The van der Waals surface area contributed by atoms with E-state index in [1.54, 1.807) is 12.4 Å². The first-order valence-electron chi connectivity index (χ1n) is 5.91. The van der Waals surface area contributed by atoms with Crippen LogP contribution in [-0.4, -0.2) is 27.1 Å². The molecule has 1 N–H and O–H groups in total. The summed E-state index contributed by atoms with van der Waals surface area (Å²) in [6, 6.07) is 4.52. The zero-order valence-corrected chi connectivity index (χ0v) is 10.3. The lowest BCUT2D eigenvalue weighted by molar-refractivity contribution is 0.543. The Morgan fingerprint density at radius 2 is 2.00 bits per heavy atom. The topological polar surface area (TPSA) is 42.7 Å². The number of nitrogens with zero attached hydrogens (tertiary/aromatic N) is 3. The van der Waals surface area contributed by atoms with Crippen LogP contribution in [-0.2, 0) is 6.54 Å². The molecular formula is C13H18N4. The van der Waals surface area contributed by atoms with Gasteiger partial charge in [0.1, 0.15) is 0 Å². The van der Waals surface area contributed by atoms with Gasteiger partial charge in [0.05, 0.1) is 18.2 Å². The molecule has 0 unspecified atom stereocenters. The summed E-state index contributed by atoms with van der Waals surface area (Å²) in [5.41, 5.74) is 2.29. The van der Waals surface area contributed by atoms with Crippen molar-refractivity contribution in [3.63, 3.8) is 0 Å². The Hall–Kier alpha value is -1.68. The van der Waals surface area contributed by atoms with Crippen LogP contribution in [0.5, 0.6) is 0 Å². The van der Waals surface area contributed by atoms with Gasteiger partial charge in [0.2, 0.25) is 0 Å². The van der Waals surface area contributed by atoms with Gasteiger partial charge in [-0.15, -0.1) is 0 Å². The number of imidazole rings is 1. The summed E-state index contributed by atoms with van der Waals surface area (Å²) in [5, 5.41) is 3.40. The fourth-order valence-corrected chi connectivity index (χ4v) is 1.74. The highest BCUT2D eigenvalue weighted by Gasteiger charge is 2.04. The third kappa shape index (κ3) is 3.14. The molecule has 0 fully saturated rings. The van der Waals surface area contributed by atoms with E-state index < -0.39 is 0 Å². The highest BCUT2D eigenvalue weighted by molar-refractivity contribution is 5.57. The second-order valence-corrected chi connectivity index (χ2v) is 4.32. The molecule has 0 aliphatic carbocycles. The van der Waals surface area contributed by atoms with Crippen LogP contribution in [0.4, 0.5) is 0 Å². The Morgan fingerprint density at radius 1 is 1.24 bits per heavy atom. The van der Waals surface area contributed by atoms with E-state index in [0.29, 0.717) is 6.04 Å². The van der Waals surface area contributed by atoms with Crippen LogP contribution in [0.1, 0.15) is 13.8 Å². The Labute approximate surface area is 102 Å². The summed E-state index contributed by atoms with van der Waals surface area (Å²) in [6.45, 7) is 6.18. The van der Waals surface area contributed by atoms with Crippen LogP contribution in [0.25, 0.3) is 11.3 Å². The van der Waals surface area contributed by atoms with Crippen LogP contribution in [0.2, 0.25) is 0 Å². The average Bonchev–Trinajstić information content (AvgIpc) is 2.78. The van der Waals surface area contributed by atoms with Crippen LogP contribution in [0.15, 0.2) is 37.1 Å². The monoisotopic (exact) mass is 230 g/mol. The van der Waals surface area contributed by atoms with Crippen LogP contribution in [0, 0.1) is 0 Å². The molecule has 0 spiro atoms. The van der Waals surface area contributed by atoms with Gasteiger partial charge in [-0.2, -0.15) is 0 Å². The van der Waals surface area contributed by atoms with E-state index in [0.717, 1.165) is 24.3 Å². The molecule has 0 aliphatic heterocycles. The number of hydrogen-bond donors (Lipinski definition) is 1. The number of rotatable bonds is 5. The predicted octanol–water partition coefficient (Wildman–Crippen LogP) is 1.94. The van der Waals surface area contributed by atoms with Gasteiger partial charge in [0.25, 0.3) is 0 Å². The van der Waals surface area contributed by atoms with Crippen LogP contribution < -0.4 is 5.32 Å². The summed E-state index contributed by atoms with van der Waals surface area (Å²) in [6.07, 6.45) is 7.38. The zero-order valence-electron chi connectivity index (χ0n) is 10.3. The third-order valence-electron chi connectivity index (χ3n) is 2.59. The second kappa shape index (κ2) is 5.59. The minimum atomic E-state index is 0.517. The summed E-state index contributed by atoms with van der Waals surface area (Å²) in [5.74, 6) is 0. The first-order chi connectivity index (χ1) is 8.27. The maximum atomic E-state index is 4.21. The maximum absolute atomic E-state index is 4.21. The minimum Gasteiger partial charge on any atom is -0.329 e.